The van der Waals surface area contributed by atoms with Gasteiger partial charge in [-0.25, -0.2) is 4.39 Å². The number of rotatable bonds is 3. The van der Waals surface area contributed by atoms with Gasteiger partial charge in [0.25, 0.3) is 0 Å². The molecule has 18 heavy (non-hydrogen) atoms. The fraction of sp³-hybridized carbons (Fsp3) is 0.200. The average molecular weight is 245 g/mol. The van der Waals surface area contributed by atoms with Crippen LogP contribution in [0.15, 0.2) is 54.9 Å². The summed E-state index contributed by atoms with van der Waals surface area (Å²) in [5.74, 6) is -0.0312. The van der Waals surface area contributed by atoms with Gasteiger partial charge in [0.05, 0.1) is 6.20 Å². The van der Waals surface area contributed by atoms with E-state index in [0.29, 0.717) is 6.42 Å². The molecule has 0 bridgehead atoms. The number of hydrogen-bond acceptors (Lipinski definition) is 2. The first-order valence-corrected chi connectivity index (χ1v) is 5.77. The quantitative estimate of drug-likeness (QED) is 0.829. The van der Waals surface area contributed by atoms with Gasteiger partial charge in [0.2, 0.25) is 0 Å². The monoisotopic (exact) mass is 245 g/mol. The second kappa shape index (κ2) is 8.12. The zero-order chi connectivity index (χ0) is 13.2. The summed E-state index contributed by atoms with van der Waals surface area (Å²) in [7, 11) is 0. The molecular weight excluding hydrogens is 229 g/mol. The molecule has 2 nitrogen and oxygen atoms in total. The molecule has 1 aromatic heterocycles. The van der Waals surface area contributed by atoms with Crippen LogP contribution in [0.5, 0.6) is 0 Å². The molecule has 0 spiro atoms. The Hall–Kier alpha value is -2.03. The third-order valence-electron chi connectivity index (χ3n) is 2.23. The lowest BCUT2D eigenvalue weighted by molar-refractivity contribution is -0.116. The van der Waals surface area contributed by atoms with E-state index in [1.807, 2.05) is 30.3 Å². The maximum Gasteiger partial charge on any atom is 0.141 e. The van der Waals surface area contributed by atoms with Gasteiger partial charge in [-0.05, 0) is 31.0 Å². The maximum absolute atomic E-state index is 11.8. The zero-order valence-corrected chi connectivity index (χ0v) is 10.3. The summed E-state index contributed by atoms with van der Waals surface area (Å²) in [5.41, 5.74) is 1.24. The summed E-state index contributed by atoms with van der Waals surface area (Å²) in [5, 5.41) is 0. The molecule has 0 saturated carbocycles. The van der Waals surface area contributed by atoms with E-state index in [1.54, 1.807) is 13.0 Å². The van der Waals surface area contributed by atoms with Crippen LogP contribution >= 0.6 is 0 Å². The van der Waals surface area contributed by atoms with Gasteiger partial charge in [-0.2, -0.15) is 0 Å². The number of pyridine rings is 1. The second-order valence-corrected chi connectivity index (χ2v) is 3.86. The molecule has 94 valence electrons. The van der Waals surface area contributed by atoms with Crippen LogP contribution in [0.4, 0.5) is 4.39 Å². The summed E-state index contributed by atoms with van der Waals surface area (Å²) >= 11 is 0. The Balaban J connectivity index is 0.000000199. The minimum Gasteiger partial charge on any atom is -0.300 e. The smallest absolute Gasteiger partial charge is 0.141 e. The van der Waals surface area contributed by atoms with Crippen molar-refractivity contribution in [1.29, 1.82) is 0 Å². The van der Waals surface area contributed by atoms with Gasteiger partial charge in [0.1, 0.15) is 11.6 Å². The van der Waals surface area contributed by atoms with E-state index in [0.717, 1.165) is 6.42 Å². The molecule has 0 unspecified atom stereocenters. The summed E-state index contributed by atoms with van der Waals surface area (Å²) in [6, 6.07) is 13.0. The van der Waals surface area contributed by atoms with Crippen molar-refractivity contribution in [3.05, 3.63) is 66.2 Å². The predicted molar refractivity (Wildman–Crippen MR) is 69.6 cm³/mol. The van der Waals surface area contributed by atoms with Crippen molar-refractivity contribution >= 4 is 5.78 Å². The van der Waals surface area contributed by atoms with Crippen LogP contribution in [0, 0.1) is 5.82 Å². The molecule has 0 fully saturated rings. The van der Waals surface area contributed by atoms with Crippen molar-refractivity contribution in [3.63, 3.8) is 0 Å². The van der Waals surface area contributed by atoms with Crippen molar-refractivity contribution in [2.45, 2.75) is 19.8 Å². The van der Waals surface area contributed by atoms with Crippen LogP contribution in [0.2, 0.25) is 0 Å². The number of Topliss-reactive ketones (excluding diaryl/α,β-unsaturated/α-hetero) is 1. The molecular formula is C15H16FNO. The number of hydrogen-bond donors (Lipinski definition) is 0. The number of aromatic nitrogens is 1. The van der Waals surface area contributed by atoms with Gasteiger partial charge in [0.15, 0.2) is 0 Å². The lowest BCUT2D eigenvalue weighted by Gasteiger charge is -1.96. The fourth-order valence-electron chi connectivity index (χ4n) is 1.31. The molecule has 1 aromatic carbocycles. The first-order chi connectivity index (χ1) is 8.68. The number of ketones is 1. The summed E-state index contributed by atoms with van der Waals surface area (Å²) in [6.07, 6.45) is 4.23. The van der Waals surface area contributed by atoms with Crippen molar-refractivity contribution < 1.29 is 9.18 Å². The fourth-order valence-corrected chi connectivity index (χ4v) is 1.31. The number of carbonyl (C=O) groups excluding carboxylic acids is 1. The molecule has 0 aliphatic rings. The number of carbonyl (C=O) groups is 1. The van der Waals surface area contributed by atoms with Gasteiger partial charge in [-0.3, -0.25) is 4.98 Å². The molecule has 0 aliphatic carbocycles. The van der Waals surface area contributed by atoms with Gasteiger partial charge >= 0.3 is 0 Å². The Labute approximate surface area is 107 Å². The van der Waals surface area contributed by atoms with Gasteiger partial charge in [-0.15, -0.1) is 0 Å². The highest BCUT2D eigenvalue weighted by Gasteiger charge is 1.94. The Morgan fingerprint density at radius 1 is 1.17 bits per heavy atom. The molecule has 0 radical (unpaired) electrons. The maximum atomic E-state index is 11.8. The second-order valence-electron chi connectivity index (χ2n) is 3.86. The minimum absolute atomic E-state index is 0.258. The predicted octanol–water partition coefficient (Wildman–Crippen LogP) is 3.43. The highest BCUT2D eigenvalue weighted by molar-refractivity contribution is 5.75. The van der Waals surface area contributed by atoms with Gasteiger partial charge < -0.3 is 4.79 Å². The summed E-state index contributed by atoms with van der Waals surface area (Å²) in [4.78, 5) is 14.1. The highest BCUT2D eigenvalue weighted by atomic mass is 19.1. The van der Waals surface area contributed by atoms with Crippen molar-refractivity contribution in [3.8, 4) is 0 Å². The molecule has 0 atom stereocenters. The normalized spacial score (nSPS) is 9.22. The topological polar surface area (TPSA) is 30.0 Å². The standard InChI is InChI=1S/C10H12O.C5H4FN/c1-9(11)7-8-10-5-3-2-4-6-10;6-5-2-1-3-7-4-5/h2-6H,7-8H2,1H3;1-4H. The largest absolute Gasteiger partial charge is 0.300 e. The average Bonchev–Trinajstić information content (AvgIpc) is 2.39. The molecule has 1 heterocycles. The van der Waals surface area contributed by atoms with E-state index in [-0.39, 0.29) is 11.6 Å². The Morgan fingerprint density at radius 3 is 2.33 bits per heavy atom. The summed E-state index contributed by atoms with van der Waals surface area (Å²) in [6.45, 7) is 1.63. The zero-order valence-electron chi connectivity index (χ0n) is 10.3. The molecule has 2 rings (SSSR count). The van der Waals surface area contributed by atoms with Crippen LogP contribution < -0.4 is 0 Å². The van der Waals surface area contributed by atoms with E-state index in [2.05, 4.69) is 4.98 Å². The lowest BCUT2D eigenvalue weighted by atomic mass is 10.1. The first kappa shape index (κ1) is 14.0. The van der Waals surface area contributed by atoms with Gasteiger partial charge in [0, 0.05) is 12.6 Å². The SMILES string of the molecule is CC(=O)CCc1ccccc1.Fc1cccnc1. The van der Waals surface area contributed by atoms with Crippen LogP contribution in [-0.4, -0.2) is 10.8 Å². The third kappa shape index (κ3) is 6.53. The number of benzene rings is 1. The molecule has 0 amide bonds. The van der Waals surface area contributed by atoms with E-state index >= 15 is 0 Å². The van der Waals surface area contributed by atoms with Crippen molar-refractivity contribution in [1.82, 2.24) is 4.98 Å². The summed E-state index contributed by atoms with van der Waals surface area (Å²) < 4.78 is 11.8. The van der Waals surface area contributed by atoms with Crippen molar-refractivity contribution in [2.24, 2.45) is 0 Å². The van der Waals surface area contributed by atoms with Crippen LogP contribution in [0.25, 0.3) is 0 Å². The number of aryl methyl sites for hydroxylation is 1. The Morgan fingerprint density at radius 2 is 1.89 bits per heavy atom. The minimum atomic E-state index is -0.289. The molecule has 0 N–H and O–H groups in total. The van der Waals surface area contributed by atoms with E-state index in [1.165, 1.54) is 24.0 Å². The van der Waals surface area contributed by atoms with Crippen LogP contribution in [0.3, 0.4) is 0 Å². The Bertz CT molecular complexity index is 456. The van der Waals surface area contributed by atoms with E-state index < -0.39 is 0 Å². The van der Waals surface area contributed by atoms with E-state index in [9.17, 15) is 9.18 Å². The number of halogens is 1. The molecule has 2 aromatic rings. The van der Waals surface area contributed by atoms with Crippen molar-refractivity contribution in [2.75, 3.05) is 0 Å². The molecule has 0 aliphatic heterocycles. The molecule has 0 saturated heterocycles. The third-order valence-corrected chi connectivity index (χ3v) is 2.23. The molecule has 3 heteroatoms. The van der Waals surface area contributed by atoms with E-state index in [4.69, 9.17) is 0 Å². The highest BCUT2D eigenvalue weighted by Crippen LogP contribution is 2.01. The number of nitrogens with zero attached hydrogens (tertiary/aromatic N) is 1. The lowest BCUT2D eigenvalue weighted by Crippen LogP contribution is -1.92. The van der Waals surface area contributed by atoms with Gasteiger partial charge in [-0.1, -0.05) is 30.3 Å². The van der Waals surface area contributed by atoms with Crippen LogP contribution in [0.1, 0.15) is 18.9 Å². The first-order valence-electron chi connectivity index (χ1n) is 5.77. The Kier molecular flexibility index (Phi) is 6.33. The van der Waals surface area contributed by atoms with Crippen LogP contribution in [-0.2, 0) is 11.2 Å².